The normalized spacial score (nSPS) is 16.6. The largest absolute Gasteiger partial charge is 0.480 e. The van der Waals surface area contributed by atoms with E-state index in [0.717, 1.165) is 29.4 Å². The van der Waals surface area contributed by atoms with Crippen LogP contribution in [0.4, 0.5) is 0 Å². The number of likely N-dealkylation sites (N-methyl/N-ethyl adjacent to an activating group) is 1. The molecule has 0 radical (unpaired) electrons. The summed E-state index contributed by atoms with van der Waals surface area (Å²) in [6.45, 7) is 1.84. The number of hydrogen-bond acceptors (Lipinski definition) is 2. The van der Waals surface area contributed by atoms with Crippen LogP contribution >= 0.6 is 0 Å². The molecule has 3 rings (SSSR count). The molecule has 1 aliphatic carbocycles. The third-order valence-electron chi connectivity index (χ3n) is 4.62. The Kier molecular flexibility index (Phi) is 4.32. The van der Waals surface area contributed by atoms with E-state index in [1.165, 1.54) is 12.8 Å². The Morgan fingerprint density at radius 3 is 2.59 bits per heavy atom. The Bertz CT molecular complexity index is 656. The number of benzene rings is 2. The van der Waals surface area contributed by atoms with Crippen molar-refractivity contribution in [3.63, 3.8) is 0 Å². The molecule has 0 spiro atoms. The highest BCUT2D eigenvalue weighted by molar-refractivity contribution is 5.89. The summed E-state index contributed by atoms with van der Waals surface area (Å²) in [5.74, 6) is 0.846. The Labute approximate surface area is 131 Å². The number of rotatable bonds is 4. The molecule has 1 amide bonds. The molecule has 1 fully saturated rings. The molecule has 116 valence electrons. The minimum Gasteiger partial charge on any atom is -0.480 e. The standard InChI is InChI=1S/C19H23NO2/c1-14(19(21)20(2)16-10-4-5-11-16)22-18-13-7-9-15-8-3-6-12-17(15)18/h3,6-9,12-14,16H,4-5,10-11H2,1-2H3/t14-/m0/s1. The van der Waals surface area contributed by atoms with Gasteiger partial charge in [0.05, 0.1) is 0 Å². The van der Waals surface area contributed by atoms with Gasteiger partial charge in [0.25, 0.3) is 5.91 Å². The number of ether oxygens (including phenoxy) is 1. The van der Waals surface area contributed by atoms with E-state index in [-0.39, 0.29) is 5.91 Å². The van der Waals surface area contributed by atoms with E-state index in [4.69, 9.17) is 4.74 Å². The van der Waals surface area contributed by atoms with Gasteiger partial charge in [-0.2, -0.15) is 0 Å². The summed E-state index contributed by atoms with van der Waals surface area (Å²) in [5.41, 5.74) is 0. The lowest BCUT2D eigenvalue weighted by molar-refractivity contribution is -0.138. The molecular weight excluding hydrogens is 274 g/mol. The minimum absolute atomic E-state index is 0.0693. The van der Waals surface area contributed by atoms with E-state index >= 15 is 0 Å². The molecule has 0 N–H and O–H groups in total. The van der Waals surface area contributed by atoms with Crippen LogP contribution in [0.1, 0.15) is 32.6 Å². The first kappa shape index (κ1) is 14.9. The maximum absolute atomic E-state index is 12.6. The lowest BCUT2D eigenvalue weighted by Gasteiger charge is -2.27. The van der Waals surface area contributed by atoms with Crippen molar-refractivity contribution in [2.24, 2.45) is 0 Å². The summed E-state index contributed by atoms with van der Waals surface area (Å²) in [5, 5.41) is 2.18. The molecule has 2 aromatic rings. The van der Waals surface area contributed by atoms with Crippen LogP contribution < -0.4 is 4.74 Å². The highest BCUT2D eigenvalue weighted by atomic mass is 16.5. The Morgan fingerprint density at radius 1 is 1.14 bits per heavy atom. The van der Waals surface area contributed by atoms with Gasteiger partial charge in [0.15, 0.2) is 6.10 Å². The number of carbonyl (C=O) groups excluding carboxylic acids is 1. The topological polar surface area (TPSA) is 29.5 Å². The zero-order valence-corrected chi connectivity index (χ0v) is 13.3. The van der Waals surface area contributed by atoms with E-state index in [0.29, 0.717) is 6.04 Å². The van der Waals surface area contributed by atoms with Crippen LogP contribution in [0.5, 0.6) is 5.75 Å². The smallest absolute Gasteiger partial charge is 0.263 e. The van der Waals surface area contributed by atoms with Crippen molar-refractivity contribution in [1.29, 1.82) is 0 Å². The van der Waals surface area contributed by atoms with Crippen LogP contribution in [-0.4, -0.2) is 30.0 Å². The molecule has 1 saturated carbocycles. The minimum atomic E-state index is -0.462. The van der Waals surface area contributed by atoms with Crippen molar-refractivity contribution in [1.82, 2.24) is 4.90 Å². The zero-order valence-electron chi connectivity index (χ0n) is 13.3. The summed E-state index contributed by atoms with van der Waals surface area (Å²) in [7, 11) is 1.90. The van der Waals surface area contributed by atoms with Crippen molar-refractivity contribution in [3.05, 3.63) is 42.5 Å². The van der Waals surface area contributed by atoms with Crippen LogP contribution in [0.15, 0.2) is 42.5 Å². The van der Waals surface area contributed by atoms with Crippen LogP contribution in [0.2, 0.25) is 0 Å². The van der Waals surface area contributed by atoms with E-state index in [1.54, 1.807) is 0 Å². The van der Waals surface area contributed by atoms with E-state index in [2.05, 4.69) is 12.1 Å². The first-order valence-corrected chi connectivity index (χ1v) is 8.08. The van der Waals surface area contributed by atoms with Crippen molar-refractivity contribution >= 4 is 16.7 Å². The van der Waals surface area contributed by atoms with Gasteiger partial charge in [-0.25, -0.2) is 0 Å². The summed E-state index contributed by atoms with van der Waals surface area (Å²) >= 11 is 0. The van der Waals surface area contributed by atoms with Crippen molar-refractivity contribution in [2.75, 3.05) is 7.05 Å². The number of fused-ring (bicyclic) bond motifs is 1. The van der Waals surface area contributed by atoms with Crippen molar-refractivity contribution < 1.29 is 9.53 Å². The maximum Gasteiger partial charge on any atom is 0.263 e. The van der Waals surface area contributed by atoms with Crippen molar-refractivity contribution in [2.45, 2.75) is 44.8 Å². The second-order valence-corrected chi connectivity index (χ2v) is 6.12. The molecule has 22 heavy (non-hydrogen) atoms. The lowest BCUT2D eigenvalue weighted by Crippen LogP contribution is -2.42. The quantitative estimate of drug-likeness (QED) is 0.853. The van der Waals surface area contributed by atoms with E-state index in [9.17, 15) is 4.79 Å². The third kappa shape index (κ3) is 2.94. The van der Waals surface area contributed by atoms with Gasteiger partial charge >= 0.3 is 0 Å². The Hall–Kier alpha value is -2.03. The van der Waals surface area contributed by atoms with Gasteiger partial charge < -0.3 is 9.64 Å². The van der Waals surface area contributed by atoms with E-state index < -0.39 is 6.10 Å². The first-order chi connectivity index (χ1) is 10.7. The molecule has 1 atom stereocenters. The van der Waals surface area contributed by atoms with Crippen LogP contribution in [0.25, 0.3) is 10.8 Å². The highest BCUT2D eigenvalue weighted by Gasteiger charge is 2.27. The van der Waals surface area contributed by atoms with Gasteiger partial charge in [-0.15, -0.1) is 0 Å². The van der Waals surface area contributed by atoms with Crippen LogP contribution in [-0.2, 0) is 4.79 Å². The predicted octanol–water partition coefficient (Wildman–Crippen LogP) is 4.01. The number of hydrogen-bond donors (Lipinski definition) is 0. The first-order valence-electron chi connectivity index (χ1n) is 8.08. The maximum atomic E-state index is 12.6. The average molecular weight is 297 g/mol. The molecular formula is C19H23NO2. The lowest BCUT2D eigenvalue weighted by atomic mass is 10.1. The molecule has 0 heterocycles. The Morgan fingerprint density at radius 2 is 1.82 bits per heavy atom. The van der Waals surface area contributed by atoms with Crippen molar-refractivity contribution in [3.8, 4) is 5.75 Å². The summed E-state index contributed by atoms with van der Waals surface area (Å²) < 4.78 is 5.98. The summed E-state index contributed by atoms with van der Waals surface area (Å²) in [6.07, 6.45) is 4.21. The monoisotopic (exact) mass is 297 g/mol. The fourth-order valence-corrected chi connectivity index (χ4v) is 3.30. The fraction of sp³-hybridized carbons (Fsp3) is 0.421. The molecule has 3 nitrogen and oxygen atoms in total. The molecule has 0 bridgehead atoms. The van der Waals surface area contributed by atoms with Gasteiger partial charge in [0.2, 0.25) is 0 Å². The molecule has 3 heteroatoms. The summed E-state index contributed by atoms with van der Waals surface area (Å²) in [4.78, 5) is 14.4. The van der Waals surface area contributed by atoms with E-state index in [1.807, 2.05) is 49.2 Å². The SMILES string of the molecule is C[C@H](Oc1cccc2ccccc12)C(=O)N(C)C1CCCC1. The summed E-state index contributed by atoms with van der Waals surface area (Å²) in [6, 6.07) is 14.4. The van der Waals surface area contributed by atoms with Gasteiger partial charge in [-0.1, -0.05) is 49.2 Å². The molecule has 0 saturated heterocycles. The predicted molar refractivity (Wildman–Crippen MR) is 89.1 cm³/mol. The van der Waals surface area contributed by atoms with Gasteiger partial charge in [-0.3, -0.25) is 4.79 Å². The number of amides is 1. The Balaban J connectivity index is 1.75. The molecule has 1 aliphatic rings. The van der Waals surface area contributed by atoms with Crippen LogP contribution in [0, 0.1) is 0 Å². The fourth-order valence-electron chi connectivity index (χ4n) is 3.30. The number of carbonyl (C=O) groups is 1. The molecule has 0 aliphatic heterocycles. The van der Waals surface area contributed by atoms with Gasteiger partial charge in [0.1, 0.15) is 5.75 Å². The van der Waals surface area contributed by atoms with Gasteiger partial charge in [-0.05, 0) is 31.2 Å². The van der Waals surface area contributed by atoms with Crippen LogP contribution in [0.3, 0.4) is 0 Å². The third-order valence-corrected chi connectivity index (χ3v) is 4.62. The van der Waals surface area contributed by atoms with Gasteiger partial charge in [0, 0.05) is 18.5 Å². The molecule has 0 unspecified atom stereocenters. The highest BCUT2D eigenvalue weighted by Crippen LogP contribution is 2.27. The zero-order chi connectivity index (χ0) is 15.5. The molecule has 2 aromatic carbocycles. The molecule has 0 aromatic heterocycles. The number of nitrogens with zero attached hydrogens (tertiary/aromatic N) is 1. The second kappa shape index (κ2) is 6.39. The average Bonchev–Trinajstić information content (AvgIpc) is 3.08. The second-order valence-electron chi connectivity index (χ2n) is 6.12.